The molecule has 1 N–H and O–H groups in total. The Labute approximate surface area is 232 Å². The summed E-state index contributed by atoms with van der Waals surface area (Å²) in [5.41, 5.74) is 1.81. The number of fused-ring (bicyclic) bond motifs is 4. The Morgan fingerprint density at radius 3 is 2.27 bits per heavy atom. The molecular weight excluding hydrogens is 549 g/mol. The molecule has 0 radical (unpaired) electrons. The van der Waals surface area contributed by atoms with E-state index in [4.69, 9.17) is 24.1 Å². The number of carboxylic acids is 1. The number of carbonyl (C=O) groups excluding carboxylic acids is 3. The highest BCUT2D eigenvalue weighted by molar-refractivity contribution is 6.09. The molecule has 0 saturated carbocycles. The SMILES string of the molecule is COC(=O)[C@@]12CCCCN1C(c1ccc(-c3ccc4c(c3)OCO4)cc1)C1C(=O)N(C)C(=O)C12.O=C(O)C(F)(F)F. The van der Waals surface area contributed by atoms with E-state index in [2.05, 4.69) is 4.90 Å². The second kappa shape index (κ2) is 10.4. The average Bonchev–Trinajstić information content (AvgIpc) is 3.61. The van der Waals surface area contributed by atoms with Gasteiger partial charge in [0.1, 0.15) is 5.54 Å². The van der Waals surface area contributed by atoms with Crippen molar-refractivity contribution in [1.82, 2.24) is 9.80 Å². The molecule has 4 aliphatic rings. The molecule has 218 valence electrons. The summed E-state index contributed by atoms with van der Waals surface area (Å²) < 4.78 is 47.9. The number of hydrogen-bond acceptors (Lipinski definition) is 8. The number of halogens is 3. The molecule has 4 aliphatic heterocycles. The monoisotopic (exact) mass is 576 g/mol. The molecule has 6 rings (SSSR count). The van der Waals surface area contributed by atoms with Gasteiger partial charge >= 0.3 is 18.1 Å². The van der Waals surface area contributed by atoms with Gasteiger partial charge in [0.25, 0.3) is 0 Å². The highest BCUT2D eigenvalue weighted by Crippen LogP contribution is 2.58. The summed E-state index contributed by atoms with van der Waals surface area (Å²) in [6.45, 7) is 0.863. The van der Waals surface area contributed by atoms with E-state index in [0.29, 0.717) is 13.0 Å². The topological polar surface area (TPSA) is 123 Å². The van der Waals surface area contributed by atoms with E-state index in [-0.39, 0.29) is 24.6 Å². The predicted octanol–water partition coefficient (Wildman–Crippen LogP) is 3.40. The summed E-state index contributed by atoms with van der Waals surface area (Å²) in [6, 6.07) is 13.5. The van der Waals surface area contributed by atoms with Crippen LogP contribution in [0.15, 0.2) is 42.5 Å². The van der Waals surface area contributed by atoms with E-state index in [0.717, 1.165) is 41.0 Å². The molecule has 0 aromatic heterocycles. The standard InChI is InChI=1S/C26H26N2O6.C2HF3O2/c1-27-23(29)20-21(24(27)30)26(25(31)32-2)11-3-4-12-28(26)22(20)16-7-5-15(6-8-16)17-9-10-18-19(13-17)34-14-33-18;3-2(4,5)1(6)7/h5-10,13,20-22H,3-4,11-12,14H2,1-2H3;(H,6,7)/t20?,21?,22?,26-;/m0./s1. The zero-order chi connectivity index (χ0) is 29.7. The van der Waals surface area contributed by atoms with Gasteiger partial charge in [0.2, 0.25) is 18.6 Å². The number of hydrogen-bond donors (Lipinski definition) is 1. The third kappa shape index (κ3) is 4.57. The number of likely N-dealkylation sites (tertiary alicyclic amines) is 1. The minimum Gasteiger partial charge on any atom is -0.475 e. The molecule has 3 fully saturated rings. The van der Waals surface area contributed by atoms with Crippen molar-refractivity contribution in [2.45, 2.75) is 37.0 Å². The Morgan fingerprint density at radius 2 is 1.63 bits per heavy atom. The molecular formula is C28H27F3N2O8. The van der Waals surface area contributed by atoms with E-state index >= 15 is 0 Å². The van der Waals surface area contributed by atoms with Crippen molar-refractivity contribution < 1.29 is 51.7 Å². The van der Waals surface area contributed by atoms with Gasteiger partial charge in [-0.05, 0) is 54.6 Å². The first-order valence-corrected chi connectivity index (χ1v) is 12.9. The molecule has 0 spiro atoms. The fourth-order valence-corrected chi connectivity index (χ4v) is 6.45. The number of esters is 1. The van der Waals surface area contributed by atoms with Crippen molar-refractivity contribution >= 4 is 23.8 Å². The van der Waals surface area contributed by atoms with Crippen LogP contribution >= 0.6 is 0 Å². The zero-order valence-corrected chi connectivity index (χ0v) is 22.1. The fourth-order valence-electron chi connectivity index (χ4n) is 6.45. The number of aliphatic carboxylic acids is 1. The van der Waals surface area contributed by atoms with Crippen molar-refractivity contribution in [3.63, 3.8) is 0 Å². The quantitative estimate of drug-likeness (QED) is 0.433. The van der Waals surface area contributed by atoms with E-state index in [1.807, 2.05) is 42.5 Å². The molecule has 2 amide bonds. The second-order valence-electron chi connectivity index (χ2n) is 10.2. The first-order valence-electron chi connectivity index (χ1n) is 12.9. The van der Waals surface area contributed by atoms with Crippen LogP contribution in [0, 0.1) is 11.8 Å². The van der Waals surface area contributed by atoms with Crippen LogP contribution in [0.25, 0.3) is 11.1 Å². The number of rotatable bonds is 3. The Hall–Kier alpha value is -4.13. The van der Waals surface area contributed by atoms with Gasteiger partial charge in [-0.2, -0.15) is 13.2 Å². The van der Waals surface area contributed by atoms with Crippen LogP contribution in [-0.4, -0.2) is 77.9 Å². The molecule has 10 nitrogen and oxygen atoms in total. The van der Waals surface area contributed by atoms with Gasteiger partial charge < -0.3 is 19.3 Å². The van der Waals surface area contributed by atoms with Gasteiger partial charge in [-0.1, -0.05) is 30.3 Å². The molecule has 4 heterocycles. The van der Waals surface area contributed by atoms with Crippen LogP contribution in [0.5, 0.6) is 11.5 Å². The van der Waals surface area contributed by atoms with Crippen LogP contribution in [0.2, 0.25) is 0 Å². The molecule has 3 unspecified atom stereocenters. The number of ether oxygens (including phenoxy) is 3. The first-order chi connectivity index (χ1) is 19.4. The number of benzene rings is 2. The lowest BCUT2D eigenvalue weighted by Gasteiger charge is -2.44. The first kappa shape index (κ1) is 28.4. The molecule has 2 aromatic rings. The van der Waals surface area contributed by atoms with Gasteiger partial charge in [-0.25, -0.2) is 4.79 Å². The van der Waals surface area contributed by atoms with Crippen LogP contribution in [0.4, 0.5) is 13.2 Å². The number of amides is 2. The lowest BCUT2D eigenvalue weighted by Crippen LogP contribution is -2.59. The maximum absolute atomic E-state index is 13.3. The van der Waals surface area contributed by atoms with Gasteiger partial charge in [0, 0.05) is 13.1 Å². The summed E-state index contributed by atoms with van der Waals surface area (Å²) in [5, 5.41) is 7.12. The van der Waals surface area contributed by atoms with Gasteiger partial charge in [-0.3, -0.25) is 24.2 Å². The Bertz CT molecular complexity index is 1400. The summed E-state index contributed by atoms with van der Waals surface area (Å²) >= 11 is 0. The van der Waals surface area contributed by atoms with E-state index in [1.54, 1.807) is 0 Å². The van der Waals surface area contributed by atoms with Crippen LogP contribution in [0.1, 0.15) is 30.9 Å². The number of alkyl halides is 3. The predicted molar refractivity (Wildman–Crippen MR) is 134 cm³/mol. The van der Waals surface area contributed by atoms with E-state index in [9.17, 15) is 27.6 Å². The largest absolute Gasteiger partial charge is 0.490 e. The van der Waals surface area contributed by atoms with Crippen molar-refractivity contribution in [3.05, 3.63) is 48.0 Å². The third-order valence-corrected chi connectivity index (χ3v) is 8.22. The van der Waals surface area contributed by atoms with E-state index in [1.165, 1.54) is 19.1 Å². The minimum atomic E-state index is -5.08. The highest BCUT2D eigenvalue weighted by atomic mass is 19.4. The van der Waals surface area contributed by atoms with Crippen molar-refractivity contribution in [1.29, 1.82) is 0 Å². The average molecular weight is 577 g/mol. The maximum Gasteiger partial charge on any atom is 0.490 e. The highest BCUT2D eigenvalue weighted by Gasteiger charge is 2.72. The summed E-state index contributed by atoms with van der Waals surface area (Å²) in [7, 11) is 2.87. The van der Waals surface area contributed by atoms with Crippen LogP contribution in [-0.2, 0) is 23.9 Å². The Kier molecular flexibility index (Phi) is 7.18. The van der Waals surface area contributed by atoms with Crippen molar-refractivity contribution in [2.24, 2.45) is 11.8 Å². The molecule has 3 saturated heterocycles. The van der Waals surface area contributed by atoms with E-state index < -0.39 is 35.5 Å². The number of carbonyl (C=O) groups is 4. The number of piperidine rings is 1. The number of nitrogens with zero attached hydrogens (tertiary/aromatic N) is 2. The van der Waals surface area contributed by atoms with Crippen LogP contribution < -0.4 is 9.47 Å². The molecule has 0 bridgehead atoms. The van der Waals surface area contributed by atoms with Crippen molar-refractivity contribution in [3.8, 4) is 22.6 Å². The number of methoxy groups -OCH3 is 1. The number of carboxylic acid groups (broad SMARTS) is 1. The van der Waals surface area contributed by atoms with Gasteiger partial charge in [-0.15, -0.1) is 0 Å². The molecule has 2 aromatic carbocycles. The molecule has 41 heavy (non-hydrogen) atoms. The smallest absolute Gasteiger partial charge is 0.475 e. The van der Waals surface area contributed by atoms with Crippen molar-refractivity contribution in [2.75, 3.05) is 27.5 Å². The summed E-state index contributed by atoms with van der Waals surface area (Å²) in [6.07, 6.45) is -2.85. The summed E-state index contributed by atoms with van der Waals surface area (Å²) in [5.74, 6) is -3.57. The molecule has 0 aliphatic carbocycles. The maximum atomic E-state index is 13.3. The van der Waals surface area contributed by atoms with Gasteiger partial charge in [0.05, 0.1) is 18.9 Å². The molecule has 4 atom stereocenters. The number of imide groups is 1. The summed E-state index contributed by atoms with van der Waals surface area (Å²) in [4.78, 5) is 51.9. The zero-order valence-electron chi connectivity index (χ0n) is 22.1. The second-order valence-corrected chi connectivity index (χ2v) is 10.2. The van der Waals surface area contributed by atoms with Crippen LogP contribution in [0.3, 0.4) is 0 Å². The Morgan fingerprint density at radius 1 is 1.00 bits per heavy atom. The fraction of sp³-hybridized carbons (Fsp3) is 0.429. The lowest BCUT2D eigenvalue weighted by molar-refractivity contribution is -0.192. The Balaban J connectivity index is 0.000000431. The normalized spacial score (nSPS) is 26.7. The molecule has 13 heteroatoms. The third-order valence-electron chi connectivity index (χ3n) is 8.22. The minimum absolute atomic E-state index is 0.223. The van der Waals surface area contributed by atoms with Gasteiger partial charge in [0.15, 0.2) is 11.5 Å². The lowest BCUT2D eigenvalue weighted by atomic mass is 9.75.